The molecule has 0 spiro atoms. The molecule has 0 atom stereocenters. The van der Waals surface area contributed by atoms with E-state index in [2.05, 4.69) is 5.32 Å². The third-order valence-electron chi connectivity index (χ3n) is 5.17. The maximum absolute atomic E-state index is 12.7. The standard InChI is InChI=1S/C22H28N2O5S2/c1-15-11-16(2)22(17(3)12-15)23-19(25)14-29-20(26)13-18-7-8-21(30-18)31(27,28)24-9-5-4-6-10-24/h7-8,11-12H,4-6,9-10,13-14H2,1-3H3,(H,23,25). The lowest BCUT2D eigenvalue weighted by Crippen LogP contribution is -2.35. The molecule has 9 heteroatoms. The predicted molar refractivity (Wildman–Crippen MR) is 121 cm³/mol. The van der Waals surface area contributed by atoms with Gasteiger partial charge in [0, 0.05) is 23.7 Å². The first-order valence-electron chi connectivity index (χ1n) is 10.3. The first-order chi connectivity index (χ1) is 14.7. The van der Waals surface area contributed by atoms with E-state index in [0.29, 0.717) is 18.0 Å². The Labute approximate surface area is 187 Å². The topological polar surface area (TPSA) is 92.8 Å². The quantitative estimate of drug-likeness (QED) is 0.633. The highest BCUT2D eigenvalue weighted by Crippen LogP contribution is 2.27. The maximum Gasteiger partial charge on any atom is 0.311 e. The van der Waals surface area contributed by atoms with Gasteiger partial charge in [-0.05, 0) is 56.9 Å². The summed E-state index contributed by atoms with van der Waals surface area (Å²) in [5.41, 5.74) is 3.71. The minimum atomic E-state index is -3.51. The lowest BCUT2D eigenvalue weighted by molar-refractivity contribution is -0.146. The molecule has 0 saturated carbocycles. The van der Waals surface area contributed by atoms with Gasteiger partial charge in [-0.2, -0.15) is 4.31 Å². The Morgan fingerprint density at radius 2 is 1.71 bits per heavy atom. The molecule has 168 valence electrons. The van der Waals surface area contributed by atoms with E-state index in [1.165, 1.54) is 10.4 Å². The van der Waals surface area contributed by atoms with E-state index >= 15 is 0 Å². The minimum Gasteiger partial charge on any atom is -0.455 e. The van der Waals surface area contributed by atoms with Crippen LogP contribution < -0.4 is 5.32 Å². The van der Waals surface area contributed by atoms with Gasteiger partial charge in [0.1, 0.15) is 4.21 Å². The molecule has 1 aromatic heterocycles. The first-order valence-corrected chi connectivity index (χ1v) is 12.5. The van der Waals surface area contributed by atoms with Crippen molar-refractivity contribution in [3.8, 4) is 0 Å². The molecule has 3 rings (SSSR count). The van der Waals surface area contributed by atoms with Crippen molar-refractivity contribution >= 4 is 38.9 Å². The Balaban J connectivity index is 1.53. The number of nitrogens with one attached hydrogen (secondary N) is 1. The van der Waals surface area contributed by atoms with Crippen LogP contribution in [-0.4, -0.2) is 44.3 Å². The van der Waals surface area contributed by atoms with Gasteiger partial charge in [0.2, 0.25) is 0 Å². The summed E-state index contributed by atoms with van der Waals surface area (Å²) in [6, 6.07) is 7.11. The molecule has 1 fully saturated rings. The third-order valence-corrected chi connectivity index (χ3v) is 8.62. The number of amides is 1. The number of anilines is 1. The molecule has 2 heterocycles. The summed E-state index contributed by atoms with van der Waals surface area (Å²) in [6.45, 7) is 6.48. The normalized spacial score (nSPS) is 14.9. The van der Waals surface area contributed by atoms with E-state index in [-0.39, 0.29) is 10.6 Å². The zero-order chi connectivity index (χ0) is 22.6. The summed E-state index contributed by atoms with van der Waals surface area (Å²) in [5.74, 6) is -0.987. The second-order valence-electron chi connectivity index (χ2n) is 7.84. The monoisotopic (exact) mass is 464 g/mol. The number of piperidine rings is 1. The van der Waals surface area contributed by atoms with Crippen LogP contribution in [0.1, 0.15) is 40.8 Å². The molecule has 0 aliphatic carbocycles. The number of sulfonamides is 1. The highest BCUT2D eigenvalue weighted by atomic mass is 32.2. The van der Waals surface area contributed by atoms with Crippen molar-refractivity contribution < 1.29 is 22.7 Å². The van der Waals surface area contributed by atoms with Crippen LogP contribution in [-0.2, 0) is 30.8 Å². The van der Waals surface area contributed by atoms with E-state index in [0.717, 1.165) is 53.0 Å². The molecule has 1 N–H and O–H groups in total. The lowest BCUT2D eigenvalue weighted by Gasteiger charge is -2.25. The van der Waals surface area contributed by atoms with Crippen LogP contribution in [0.3, 0.4) is 0 Å². The van der Waals surface area contributed by atoms with Gasteiger partial charge in [0.15, 0.2) is 6.61 Å². The summed E-state index contributed by atoms with van der Waals surface area (Å²) < 4.78 is 32.3. The van der Waals surface area contributed by atoms with E-state index < -0.39 is 28.5 Å². The number of carbonyl (C=O) groups is 2. The molecule has 0 bridgehead atoms. The largest absolute Gasteiger partial charge is 0.455 e. The Kier molecular flexibility index (Phi) is 7.51. The fourth-order valence-electron chi connectivity index (χ4n) is 3.72. The fourth-order valence-corrected chi connectivity index (χ4v) is 6.73. The highest BCUT2D eigenvalue weighted by molar-refractivity contribution is 7.91. The van der Waals surface area contributed by atoms with Crippen LogP contribution in [0.4, 0.5) is 5.69 Å². The van der Waals surface area contributed by atoms with Crippen LogP contribution in [0.15, 0.2) is 28.5 Å². The molecular weight excluding hydrogens is 436 g/mol. The fraction of sp³-hybridized carbons (Fsp3) is 0.455. The third kappa shape index (κ3) is 5.93. The van der Waals surface area contributed by atoms with Crippen LogP contribution >= 0.6 is 11.3 Å². The van der Waals surface area contributed by atoms with Gasteiger partial charge >= 0.3 is 5.97 Å². The van der Waals surface area contributed by atoms with Crippen molar-refractivity contribution in [3.05, 3.63) is 45.8 Å². The Bertz CT molecular complexity index is 1050. The van der Waals surface area contributed by atoms with Crippen LogP contribution in [0, 0.1) is 20.8 Å². The number of thiophene rings is 1. The average molecular weight is 465 g/mol. The molecule has 2 aromatic rings. The van der Waals surface area contributed by atoms with Gasteiger partial charge in [0.05, 0.1) is 6.42 Å². The molecule has 0 unspecified atom stereocenters. The SMILES string of the molecule is Cc1cc(C)c(NC(=O)COC(=O)Cc2ccc(S(=O)(=O)N3CCCCC3)s2)c(C)c1. The number of hydrogen-bond donors (Lipinski definition) is 1. The molecular formula is C22H28N2O5S2. The highest BCUT2D eigenvalue weighted by Gasteiger charge is 2.27. The van der Waals surface area contributed by atoms with E-state index in [9.17, 15) is 18.0 Å². The number of nitrogens with zero attached hydrogens (tertiary/aromatic N) is 1. The summed E-state index contributed by atoms with van der Waals surface area (Å²) in [6.07, 6.45) is 2.71. The van der Waals surface area contributed by atoms with Crippen molar-refractivity contribution in [2.45, 2.75) is 50.7 Å². The number of aryl methyl sites for hydroxylation is 3. The molecule has 1 aliphatic rings. The van der Waals surface area contributed by atoms with Gasteiger partial charge < -0.3 is 10.1 Å². The van der Waals surface area contributed by atoms with Crippen LogP contribution in [0.25, 0.3) is 0 Å². The van der Waals surface area contributed by atoms with Gasteiger partial charge in [-0.15, -0.1) is 11.3 Å². The zero-order valence-corrected chi connectivity index (χ0v) is 19.7. The number of carbonyl (C=O) groups excluding carboxylic acids is 2. The van der Waals surface area contributed by atoms with Gasteiger partial charge in [0.25, 0.3) is 15.9 Å². The molecule has 1 aliphatic heterocycles. The number of benzene rings is 1. The van der Waals surface area contributed by atoms with Crippen molar-refractivity contribution in [2.75, 3.05) is 25.0 Å². The minimum absolute atomic E-state index is 0.0734. The molecule has 1 aromatic carbocycles. The number of hydrogen-bond acceptors (Lipinski definition) is 6. The summed E-state index contributed by atoms with van der Waals surface area (Å²) >= 11 is 1.07. The Morgan fingerprint density at radius 1 is 1.06 bits per heavy atom. The van der Waals surface area contributed by atoms with Gasteiger partial charge in [-0.25, -0.2) is 8.42 Å². The first kappa shape index (κ1) is 23.4. The van der Waals surface area contributed by atoms with E-state index in [1.54, 1.807) is 6.07 Å². The molecule has 0 radical (unpaired) electrons. The van der Waals surface area contributed by atoms with E-state index in [1.807, 2.05) is 32.9 Å². The summed E-state index contributed by atoms with van der Waals surface area (Å²) in [4.78, 5) is 24.9. The van der Waals surface area contributed by atoms with E-state index in [4.69, 9.17) is 4.74 Å². The molecule has 7 nitrogen and oxygen atoms in total. The summed E-state index contributed by atoms with van der Waals surface area (Å²) in [5, 5.41) is 2.79. The van der Waals surface area contributed by atoms with Crippen molar-refractivity contribution in [2.24, 2.45) is 0 Å². The second-order valence-corrected chi connectivity index (χ2v) is 11.2. The van der Waals surface area contributed by atoms with Gasteiger partial charge in [-0.1, -0.05) is 24.1 Å². The van der Waals surface area contributed by atoms with Crippen LogP contribution in [0.2, 0.25) is 0 Å². The number of rotatable bonds is 7. The molecule has 1 amide bonds. The van der Waals surface area contributed by atoms with Crippen molar-refractivity contribution in [3.63, 3.8) is 0 Å². The zero-order valence-electron chi connectivity index (χ0n) is 18.1. The average Bonchev–Trinajstić information content (AvgIpc) is 3.19. The van der Waals surface area contributed by atoms with Crippen molar-refractivity contribution in [1.82, 2.24) is 4.31 Å². The lowest BCUT2D eigenvalue weighted by atomic mass is 10.1. The second kappa shape index (κ2) is 9.93. The number of ether oxygens (including phenoxy) is 1. The number of esters is 1. The van der Waals surface area contributed by atoms with Crippen LogP contribution in [0.5, 0.6) is 0 Å². The maximum atomic E-state index is 12.7. The Hall–Kier alpha value is -2.23. The van der Waals surface area contributed by atoms with Gasteiger partial charge in [-0.3, -0.25) is 9.59 Å². The Morgan fingerprint density at radius 3 is 2.35 bits per heavy atom. The summed E-state index contributed by atoms with van der Waals surface area (Å²) in [7, 11) is -3.51. The molecule has 1 saturated heterocycles. The van der Waals surface area contributed by atoms with Crippen molar-refractivity contribution in [1.29, 1.82) is 0 Å². The smallest absolute Gasteiger partial charge is 0.311 e. The predicted octanol–water partition coefficient (Wildman–Crippen LogP) is 3.57. The molecule has 31 heavy (non-hydrogen) atoms.